The number of fused-ring (bicyclic) bond motifs is 2. The van der Waals surface area contributed by atoms with Gasteiger partial charge in [0, 0.05) is 32.7 Å². The summed E-state index contributed by atoms with van der Waals surface area (Å²) in [4.78, 5) is 4.65. The first-order valence-corrected chi connectivity index (χ1v) is 11.6. The number of para-hydroxylation sites is 2. The van der Waals surface area contributed by atoms with Crippen LogP contribution in [-0.2, 0) is 16.0 Å². The summed E-state index contributed by atoms with van der Waals surface area (Å²) in [5, 5.41) is 14.9. The predicted molar refractivity (Wildman–Crippen MR) is 125 cm³/mol. The van der Waals surface area contributed by atoms with Gasteiger partial charge in [0.25, 0.3) is 0 Å². The number of anilines is 1. The molecule has 33 heavy (non-hydrogen) atoms. The Morgan fingerprint density at radius 3 is 2.48 bits per heavy atom. The molecule has 0 aliphatic carbocycles. The van der Waals surface area contributed by atoms with E-state index in [0.717, 1.165) is 48.9 Å². The Hall–Kier alpha value is -2.36. The van der Waals surface area contributed by atoms with Gasteiger partial charge in [-0.25, -0.2) is 0 Å². The minimum atomic E-state index is -0.577. The summed E-state index contributed by atoms with van der Waals surface area (Å²) in [6, 6.07) is 15.7. The highest BCUT2D eigenvalue weighted by molar-refractivity contribution is 5.58. The molecule has 2 N–H and O–H groups in total. The molecule has 5 rings (SSSR count). The molecular formula is C25H33N3O5. The second-order valence-electron chi connectivity index (χ2n) is 8.81. The number of hydrogen-bond acceptors (Lipinski definition) is 8. The number of aliphatic hydroxyl groups excluding tert-OH is 1. The summed E-state index contributed by atoms with van der Waals surface area (Å²) < 4.78 is 22.9. The maximum Gasteiger partial charge on any atom is 0.176 e. The molecule has 2 aromatic rings. The van der Waals surface area contributed by atoms with Crippen LogP contribution in [0.15, 0.2) is 48.5 Å². The fourth-order valence-electron chi connectivity index (χ4n) is 5.17. The van der Waals surface area contributed by atoms with E-state index in [1.165, 1.54) is 0 Å². The van der Waals surface area contributed by atoms with E-state index in [9.17, 15) is 5.11 Å². The molecule has 0 spiro atoms. The molecule has 5 atom stereocenters. The monoisotopic (exact) mass is 455 g/mol. The number of methoxy groups -OCH3 is 2. The van der Waals surface area contributed by atoms with Crippen molar-refractivity contribution in [1.82, 2.24) is 10.2 Å². The van der Waals surface area contributed by atoms with E-state index in [-0.39, 0.29) is 24.5 Å². The molecule has 8 nitrogen and oxygen atoms in total. The molecule has 178 valence electrons. The zero-order valence-corrected chi connectivity index (χ0v) is 19.2. The lowest BCUT2D eigenvalue weighted by Gasteiger charge is -2.47. The number of benzene rings is 2. The number of hydrogen-bond donors (Lipinski definition) is 2. The summed E-state index contributed by atoms with van der Waals surface area (Å²) in [7, 11) is 3.37. The summed E-state index contributed by atoms with van der Waals surface area (Å²) >= 11 is 0. The standard InChI is InChI=1S/C25H33N3O5/c1-30-18-9-7-17(8-10-18)15-26-22-21-16-32-25(33-21)23(24(22)29)28-13-11-27(12-14-28)19-5-3-4-6-20(19)31-2/h3-10,21-26,29H,11-16H2,1-2H3/t21-,22-,23-,24+,25-/m1/s1. The van der Waals surface area contributed by atoms with Gasteiger partial charge in [-0.2, -0.15) is 0 Å². The molecule has 3 aliphatic heterocycles. The number of rotatable bonds is 7. The third kappa shape index (κ3) is 4.54. The molecule has 0 amide bonds. The van der Waals surface area contributed by atoms with Gasteiger partial charge in [-0.05, 0) is 29.8 Å². The second kappa shape index (κ2) is 9.87. The van der Waals surface area contributed by atoms with Gasteiger partial charge in [0.1, 0.15) is 17.6 Å². The van der Waals surface area contributed by atoms with Gasteiger partial charge >= 0.3 is 0 Å². The van der Waals surface area contributed by atoms with Crippen LogP contribution < -0.4 is 19.7 Å². The molecule has 8 heteroatoms. The SMILES string of the molecule is COc1ccc(CN[C@H]2[C@H](O)[C@@H](N3CCN(c4ccccc4OC)CC3)[C@@H]3OC[C@H]2O3)cc1. The average molecular weight is 456 g/mol. The van der Waals surface area contributed by atoms with Crippen LogP contribution >= 0.6 is 0 Å². The molecule has 0 aromatic heterocycles. The van der Waals surface area contributed by atoms with Crippen LogP contribution in [-0.4, -0.2) is 87.6 Å². The van der Waals surface area contributed by atoms with Crippen molar-refractivity contribution in [2.75, 3.05) is 51.9 Å². The van der Waals surface area contributed by atoms with Crippen molar-refractivity contribution < 1.29 is 24.1 Å². The van der Waals surface area contributed by atoms with Gasteiger partial charge < -0.3 is 34.3 Å². The van der Waals surface area contributed by atoms with Crippen LogP contribution in [0.2, 0.25) is 0 Å². The zero-order chi connectivity index (χ0) is 22.8. The topological polar surface area (TPSA) is 75.7 Å². The van der Waals surface area contributed by atoms with Crippen molar-refractivity contribution in [1.29, 1.82) is 0 Å². The Morgan fingerprint density at radius 1 is 1.00 bits per heavy atom. The number of nitrogens with zero attached hydrogens (tertiary/aromatic N) is 2. The molecule has 3 fully saturated rings. The number of aliphatic hydroxyl groups is 1. The summed E-state index contributed by atoms with van der Waals surface area (Å²) in [6.45, 7) is 4.48. The summed E-state index contributed by atoms with van der Waals surface area (Å²) in [5.41, 5.74) is 2.24. The van der Waals surface area contributed by atoms with Crippen LogP contribution in [0.5, 0.6) is 11.5 Å². The molecule has 3 heterocycles. The van der Waals surface area contributed by atoms with E-state index >= 15 is 0 Å². The lowest BCUT2D eigenvalue weighted by molar-refractivity contribution is -0.183. The fraction of sp³-hybridized carbons (Fsp3) is 0.520. The van der Waals surface area contributed by atoms with Gasteiger partial charge in [0.2, 0.25) is 0 Å². The highest BCUT2D eigenvalue weighted by atomic mass is 16.7. The number of ether oxygens (including phenoxy) is 4. The molecule has 2 bridgehead atoms. The van der Waals surface area contributed by atoms with Gasteiger partial charge in [-0.3, -0.25) is 4.90 Å². The lowest BCUT2D eigenvalue weighted by Crippen LogP contribution is -2.66. The Balaban J connectivity index is 1.23. The first-order chi connectivity index (χ1) is 16.2. The Kier molecular flexibility index (Phi) is 6.71. The van der Waals surface area contributed by atoms with Crippen molar-refractivity contribution >= 4 is 5.69 Å². The quantitative estimate of drug-likeness (QED) is 0.650. The van der Waals surface area contributed by atoms with Gasteiger partial charge in [0.15, 0.2) is 6.29 Å². The highest BCUT2D eigenvalue weighted by Gasteiger charge is 2.52. The maximum atomic E-state index is 11.4. The first-order valence-electron chi connectivity index (χ1n) is 11.6. The van der Waals surface area contributed by atoms with Crippen LogP contribution in [0.4, 0.5) is 5.69 Å². The van der Waals surface area contributed by atoms with E-state index in [4.69, 9.17) is 18.9 Å². The van der Waals surface area contributed by atoms with Crippen molar-refractivity contribution in [3.05, 3.63) is 54.1 Å². The first kappa shape index (κ1) is 22.4. The Morgan fingerprint density at radius 2 is 1.76 bits per heavy atom. The fourth-order valence-corrected chi connectivity index (χ4v) is 5.17. The predicted octanol–water partition coefficient (Wildman–Crippen LogP) is 1.47. The summed E-state index contributed by atoms with van der Waals surface area (Å²) in [6.07, 6.45) is -1.11. The van der Waals surface area contributed by atoms with Crippen LogP contribution in [0, 0.1) is 0 Å². The van der Waals surface area contributed by atoms with E-state index in [0.29, 0.717) is 13.2 Å². The van der Waals surface area contributed by atoms with Gasteiger partial charge in [0.05, 0.1) is 44.7 Å². The molecule has 3 saturated heterocycles. The van der Waals surface area contributed by atoms with E-state index in [2.05, 4.69) is 21.2 Å². The number of piperazine rings is 1. The Labute approximate surface area is 195 Å². The van der Waals surface area contributed by atoms with Crippen molar-refractivity contribution in [3.8, 4) is 11.5 Å². The maximum absolute atomic E-state index is 11.4. The smallest absolute Gasteiger partial charge is 0.176 e. The summed E-state index contributed by atoms with van der Waals surface area (Å²) in [5.74, 6) is 1.72. The second-order valence-corrected chi connectivity index (χ2v) is 8.81. The lowest BCUT2D eigenvalue weighted by atomic mass is 9.94. The van der Waals surface area contributed by atoms with Crippen molar-refractivity contribution in [3.63, 3.8) is 0 Å². The molecule has 0 radical (unpaired) electrons. The van der Waals surface area contributed by atoms with Crippen LogP contribution in [0.3, 0.4) is 0 Å². The molecule has 3 aliphatic rings. The molecular weight excluding hydrogens is 422 g/mol. The zero-order valence-electron chi connectivity index (χ0n) is 19.2. The average Bonchev–Trinajstić information content (AvgIpc) is 3.29. The molecule has 2 aromatic carbocycles. The minimum absolute atomic E-state index is 0.144. The van der Waals surface area contributed by atoms with Gasteiger partial charge in [-0.1, -0.05) is 24.3 Å². The van der Waals surface area contributed by atoms with E-state index in [1.54, 1.807) is 14.2 Å². The van der Waals surface area contributed by atoms with Crippen LogP contribution in [0.25, 0.3) is 0 Å². The van der Waals surface area contributed by atoms with E-state index < -0.39 is 6.10 Å². The normalized spacial score (nSPS) is 29.8. The third-order valence-corrected chi connectivity index (χ3v) is 6.99. The van der Waals surface area contributed by atoms with Crippen molar-refractivity contribution in [2.45, 2.75) is 37.1 Å². The highest BCUT2D eigenvalue weighted by Crippen LogP contribution is 2.34. The van der Waals surface area contributed by atoms with Crippen molar-refractivity contribution in [2.24, 2.45) is 0 Å². The van der Waals surface area contributed by atoms with E-state index in [1.807, 2.05) is 42.5 Å². The van der Waals surface area contributed by atoms with Crippen LogP contribution in [0.1, 0.15) is 5.56 Å². The third-order valence-electron chi connectivity index (χ3n) is 6.99. The van der Waals surface area contributed by atoms with Gasteiger partial charge in [-0.15, -0.1) is 0 Å². The largest absolute Gasteiger partial charge is 0.497 e. The molecule has 0 unspecified atom stereocenters. The molecule has 0 saturated carbocycles. The minimum Gasteiger partial charge on any atom is -0.497 e. The Bertz CT molecular complexity index is 919. The number of nitrogens with one attached hydrogen (secondary N) is 1.